The van der Waals surface area contributed by atoms with Gasteiger partial charge in [-0.1, -0.05) is 0 Å². The molecule has 2 aliphatic heterocycles. The molecular formula is C21H32N2O4. The quantitative estimate of drug-likeness (QED) is 0.732. The third-order valence-corrected chi connectivity index (χ3v) is 5.31. The van der Waals surface area contributed by atoms with E-state index in [1.165, 1.54) is 0 Å². The third kappa shape index (κ3) is 5.36. The lowest BCUT2D eigenvalue weighted by Crippen LogP contribution is -2.44. The Bertz CT molecular complexity index is 608. The summed E-state index contributed by atoms with van der Waals surface area (Å²) in [5.74, 6) is 2.10. The zero-order valence-corrected chi connectivity index (χ0v) is 16.6. The molecule has 0 spiro atoms. The van der Waals surface area contributed by atoms with Crippen molar-refractivity contribution in [3.05, 3.63) is 23.8 Å². The molecule has 0 radical (unpaired) electrons. The van der Waals surface area contributed by atoms with Gasteiger partial charge in [0, 0.05) is 38.3 Å². The van der Waals surface area contributed by atoms with Crippen molar-refractivity contribution in [1.82, 2.24) is 9.80 Å². The normalized spacial score (nSPS) is 19.1. The van der Waals surface area contributed by atoms with Gasteiger partial charge in [-0.25, -0.2) is 0 Å². The van der Waals surface area contributed by atoms with Gasteiger partial charge in [0.25, 0.3) is 5.91 Å². The molecule has 2 heterocycles. The second-order valence-electron chi connectivity index (χ2n) is 7.18. The summed E-state index contributed by atoms with van der Waals surface area (Å²) in [6.45, 7) is 11.5. The molecule has 27 heavy (non-hydrogen) atoms. The van der Waals surface area contributed by atoms with Crippen molar-refractivity contribution in [2.75, 3.05) is 59.2 Å². The Morgan fingerprint density at radius 3 is 2.37 bits per heavy atom. The van der Waals surface area contributed by atoms with Crippen LogP contribution in [0.2, 0.25) is 0 Å². The lowest BCUT2D eigenvalue weighted by Gasteiger charge is -2.36. The van der Waals surface area contributed by atoms with Gasteiger partial charge in [-0.05, 0) is 50.8 Å². The van der Waals surface area contributed by atoms with Crippen LogP contribution in [0.15, 0.2) is 18.2 Å². The average molecular weight is 376 g/mol. The van der Waals surface area contributed by atoms with E-state index in [1.807, 2.05) is 36.9 Å². The molecule has 150 valence electrons. The molecule has 2 fully saturated rings. The third-order valence-electron chi connectivity index (χ3n) is 5.31. The van der Waals surface area contributed by atoms with Gasteiger partial charge < -0.3 is 19.1 Å². The van der Waals surface area contributed by atoms with Crippen LogP contribution in [-0.4, -0.2) is 74.9 Å². The number of morpholine rings is 1. The van der Waals surface area contributed by atoms with Gasteiger partial charge in [0.2, 0.25) is 0 Å². The van der Waals surface area contributed by atoms with Crippen molar-refractivity contribution in [3.63, 3.8) is 0 Å². The summed E-state index contributed by atoms with van der Waals surface area (Å²) in [5.41, 5.74) is 0.675. The molecule has 0 aromatic heterocycles. The summed E-state index contributed by atoms with van der Waals surface area (Å²) in [6, 6.07) is 5.50. The number of carbonyl (C=O) groups is 1. The maximum absolute atomic E-state index is 12.9. The van der Waals surface area contributed by atoms with Crippen molar-refractivity contribution in [1.29, 1.82) is 0 Å². The Morgan fingerprint density at radius 2 is 1.70 bits per heavy atom. The van der Waals surface area contributed by atoms with E-state index in [1.54, 1.807) is 0 Å². The minimum Gasteiger partial charge on any atom is -0.490 e. The lowest BCUT2D eigenvalue weighted by atomic mass is 9.95. The Kier molecular flexibility index (Phi) is 7.35. The van der Waals surface area contributed by atoms with E-state index in [-0.39, 0.29) is 5.91 Å². The first-order valence-electron chi connectivity index (χ1n) is 10.2. The smallest absolute Gasteiger partial charge is 0.253 e. The van der Waals surface area contributed by atoms with Crippen molar-refractivity contribution in [3.8, 4) is 11.5 Å². The van der Waals surface area contributed by atoms with Crippen LogP contribution in [0.4, 0.5) is 0 Å². The predicted molar refractivity (Wildman–Crippen MR) is 105 cm³/mol. The van der Waals surface area contributed by atoms with E-state index < -0.39 is 0 Å². The first-order chi connectivity index (χ1) is 13.2. The summed E-state index contributed by atoms with van der Waals surface area (Å²) in [7, 11) is 0. The lowest BCUT2D eigenvalue weighted by molar-refractivity contribution is 0.0243. The average Bonchev–Trinajstić information content (AvgIpc) is 2.70. The van der Waals surface area contributed by atoms with E-state index >= 15 is 0 Å². The molecule has 1 amide bonds. The molecule has 6 heteroatoms. The van der Waals surface area contributed by atoms with Crippen molar-refractivity contribution < 1.29 is 19.0 Å². The highest BCUT2D eigenvalue weighted by molar-refractivity contribution is 5.95. The van der Waals surface area contributed by atoms with Gasteiger partial charge in [-0.2, -0.15) is 0 Å². The molecule has 6 nitrogen and oxygen atoms in total. The highest BCUT2D eigenvalue weighted by atomic mass is 16.5. The number of hydrogen-bond acceptors (Lipinski definition) is 5. The Labute approximate surface area is 162 Å². The number of piperidine rings is 1. The van der Waals surface area contributed by atoms with Crippen LogP contribution in [0.25, 0.3) is 0 Å². The van der Waals surface area contributed by atoms with Crippen LogP contribution in [0, 0.1) is 5.92 Å². The second-order valence-corrected chi connectivity index (χ2v) is 7.18. The highest BCUT2D eigenvalue weighted by Gasteiger charge is 2.26. The summed E-state index contributed by atoms with van der Waals surface area (Å²) in [4.78, 5) is 17.4. The number of hydrogen-bond donors (Lipinski definition) is 0. The summed E-state index contributed by atoms with van der Waals surface area (Å²) < 4.78 is 16.7. The van der Waals surface area contributed by atoms with Gasteiger partial charge in [0.05, 0.1) is 26.4 Å². The summed E-state index contributed by atoms with van der Waals surface area (Å²) in [5, 5.41) is 0. The van der Waals surface area contributed by atoms with Gasteiger partial charge in [-0.15, -0.1) is 0 Å². The zero-order chi connectivity index (χ0) is 19.1. The maximum atomic E-state index is 12.9. The van der Waals surface area contributed by atoms with E-state index in [9.17, 15) is 4.79 Å². The molecule has 0 saturated carbocycles. The predicted octanol–water partition coefficient (Wildman–Crippen LogP) is 2.67. The van der Waals surface area contributed by atoms with Crippen LogP contribution in [0.1, 0.15) is 37.0 Å². The highest BCUT2D eigenvalue weighted by Crippen LogP contribution is 2.30. The Balaban J connectivity index is 1.56. The SMILES string of the molecule is CCOc1ccc(C(=O)N2CCC(CN3CCOCC3)CC2)cc1OCC. The molecule has 0 unspecified atom stereocenters. The van der Waals surface area contributed by atoms with Crippen molar-refractivity contribution >= 4 is 5.91 Å². The topological polar surface area (TPSA) is 51.2 Å². The number of benzene rings is 1. The van der Waals surface area contributed by atoms with Crippen LogP contribution in [0.5, 0.6) is 11.5 Å². The largest absolute Gasteiger partial charge is 0.490 e. The van der Waals surface area contributed by atoms with Crippen LogP contribution in [-0.2, 0) is 4.74 Å². The standard InChI is InChI=1S/C21H32N2O4/c1-3-26-19-6-5-18(15-20(19)27-4-2)21(24)23-9-7-17(8-10-23)16-22-11-13-25-14-12-22/h5-6,15,17H,3-4,7-14,16H2,1-2H3. The van der Waals surface area contributed by atoms with E-state index in [2.05, 4.69) is 4.90 Å². The van der Waals surface area contributed by atoms with Gasteiger partial charge in [0.15, 0.2) is 11.5 Å². The second kappa shape index (κ2) is 9.95. The Hall–Kier alpha value is -1.79. The molecule has 2 aliphatic rings. The number of rotatable bonds is 7. The van der Waals surface area contributed by atoms with Crippen molar-refractivity contribution in [2.45, 2.75) is 26.7 Å². The molecule has 2 saturated heterocycles. The molecule has 0 aliphatic carbocycles. The van der Waals surface area contributed by atoms with Crippen molar-refractivity contribution in [2.24, 2.45) is 5.92 Å². The summed E-state index contributed by atoms with van der Waals surface area (Å²) in [6.07, 6.45) is 2.14. The summed E-state index contributed by atoms with van der Waals surface area (Å²) >= 11 is 0. The minimum absolute atomic E-state index is 0.0869. The molecule has 1 aromatic rings. The van der Waals surface area contributed by atoms with E-state index in [4.69, 9.17) is 14.2 Å². The molecule has 1 aromatic carbocycles. The first-order valence-corrected chi connectivity index (χ1v) is 10.2. The molecule has 3 rings (SSSR count). The van der Waals surface area contributed by atoms with Crippen LogP contribution < -0.4 is 9.47 Å². The van der Waals surface area contributed by atoms with Gasteiger partial charge in [-0.3, -0.25) is 9.69 Å². The fourth-order valence-corrected chi connectivity index (χ4v) is 3.83. The number of nitrogens with zero attached hydrogens (tertiary/aromatic N) is 2. The van der Waals surface area contributed by atoms with E-state index in [0.717, 1.165) is 58.8 Å². The van der Waals surface area contributed by atoms with Gasteiger partial charge in [0.1, 0.15) is 0 Å². The number of ether oxygens (including phenoxy) is 3. The molecule has 0 bridgehead atoms. The monoisotopic (exact) mass is 376 g/mol. The molecule has 0 N–H and O–H groups in total. The number of carbonyl (C=O) groups excluding carboxylic acids is 1. The first kappa shape index (κ1) is 20.0. The maximum Gasteiger partial charge on any atom is 0.253 e. The number of amides is 1. The van der Waals surface area contributed by atoms with E-state index in [0.29, 0.717) is 36.2 Å². The van der Waals surface area contributed by atoms with Crippen LogP contribution >= 0.6 is 0 Å². The fourth-order valence-electron chi connectivity index (χ4n) is 3.83. The fraction of sp³-hybridized carbons (Fsp3) is 0.667. The minimum atomic E-state index is 0.0869. The molecular weight excluding hydrogens is 344 g/mol. The van der Waals surface area contributed by atoms with Gasteiger partial charge >= 0.3 is 0 Å². The van der Waals surface area contributed by atoms with Crippen LogP contribution in [0.3, 0.4) is 0 Å². The number of likely N-dealkylation sites (tertiary alicyclic amines) is 1. The zero-order valence-electron chi connectivity index (χ0n) is 16.6. The Morgan fingerprint density at radius 1 is 1.04 bits per heavy atom. The molecule has 0 atom stereocenters.